The zero-order chi connectivity index (χ0) is 18.5. The highest BCUT2D eigenvalue weighted by Gasteiger charge is 2.26. The lowest BCUT2D eigenvalue weighted by Crippen LogP contribution is -2.36. The number of furan rings is 1. The van der Waals surface area contributed by atoms with E-state index < -0.39 is 0 Å². The Bertz CT molecular complexity index is 747. The van der Waals surface area contributed by atoms with Gasteiger partial charge in [-0.05, 0) is 82.6 Å². The number of carbonyl (C=O) groups is 1. The minimum atomic E-state index is -0.0661. The molecule has 1 atom stereocenters. The Kier molecular flexibility index (Phi) is 5.99. The molecule has 1 N–H and O–H groups in total. The van der Waals surface area contributed by atoms with E-state index in [0.29, 0.717) is 18.7 Å². The summed E-state index contributed by atoms with van der Waals surface area (Å²) in [7, 11) is 0. The molecular weight excluding hydrogens is 328 g/mol. The Morgan fingerprint density at radius 1 is 1.23 bits per heavy atom. The van der Waals surface area contributed by atoms with Crippen LogP contribution in [-0.2, 0) is 0 Å². The highest BCUT2D eigenvalue weighted by atomic mass is 16.5. The minimum absolute atomic E-state index is 0.0661. The van der Waals surface area contributed by atoms with Crippen LogP contribution in [0.15, 0.2) is 34.7 Å². The van der Waals surface area contributed by atoms with Gasteiger partial charge in [0, 0.05) is 12.1 Å². The predicted molar refractivity (Wildman–Crippen MR) is 102 cm³/mol. The second kappa shape index (κ2) is 8.41. The lowest BCUT2D eigenvalue weighted by molar-refractivity contribution is 0.0933. The number of hydrogen-bond acceptors (Lipinski definition) is 4. The van der Waals surface area contributed by atoms with E-state index in [0.717, 1.165) is 35.9 Å². The number of amides is 1. The third-order valence-electron chi connectivity index (χ3n) is 4.86. The van der Waals surface area contributed by atoms with Gasteiger partial charge in [-0.25, -0.2) is 0 Å². The summed E-state index contributed by atoms with van der Waals surface area (Å²) in [5.41, 5.74) is 1.62. The summed E-state index contributed by atoms with van der Waals surface area (Å²) in [6.07, 6.45) is 2.39. The molecule has 0 aliphatic carbocycles. The number of carbonyl (C=O) groups excluding carboxylic acids is 1. The van der Waals surface area contributed by atoms with Gasteiger partial charge in [0.05, 0.1) is 12.6 Å². The number of hydrogen-bond donors (Lipinski definition) is 1. The Morgan fingerprint density at radius 2 is 2.00 bits per heavy atom. The van der Waals surface area contributed by atoms with Gasteiger partial charge in [-0.1, -0.05) is 0 Å². The number of benzene rings is 1. The van der Waals surface area contributed by atoms with Crippen LogP contribution in [-0.4, -0.2) is 37.0 Å². The van der Waals surface area contributed by atoms with Crippen molar-refractivity contribution in [1.82, 2.24) is 10.2 Å². The van der Waals surface area contributed by atoms with E-state index >= 15 is 0 Å². The molecular formula is C21H28N2O3. The highest BCUT2D eigenvalue weighted by molar-refractivity contribution is 5.94. The quantitative estimate of drug-likeness (QED) is 0.818. The Hall–Kier alpha value is -2.27. The predicted octanol–water partition coefficient (Wildman–Crippen LogP) is 3.86. The fraction of sp³-hybridized carbons (Fsp3) is 0.476. The van der Waals surface area contributed by atoms with Crippen molar-refractivity contribution in [2.75, 3.05) is 26.2 Å². The lowest BCUT2D eigenvalue weighted by atomic mass is 10.1. The molecule has 1 aromatic heterocycles. The number of ether oxygens (including phenoxy) is 1. The largest absolute Gasteiger partial charge is 0.494 e. The topological polar surface area (TPSA) is 54.7 Å². The fourth-order valence-corrected chi connectivity index (χ4v) is 3.49. The van der Waals surface area contributed by atoms with Crippen LogP contribution >= 0.6 is 0 Å². The first-order chi connectivity index (χ1) is 12.6. The zero-order valence-electron chi connectivity index (χ0n) is 15.9. The van der Waals surface area contributed by atoms with Crippen LogP contribution in [0.4, 0.5) is 0 Å². The van der Waals surface area contributed by atoms with Crippen molar-refractivity contribution in [3.63, 3.8) is 0 Å². The van der Waals surface area contributed by atoms with E-state index in [2.05, 4.69) is 10.2 Å². The van der Waals surface area contributed by atoms with Crippen LogP contribution in [0.25, 0.3) is 0 Å². The lowest BCUT2D eigenvalue weighted by Gasteiger charge is -2.26. The van der Waals surface area contributed by atoms with Crippen LogP contribution in [0, 0.1) is 13.8 Å². The summed E-state index contributed by atoms with van der Waals surface area (Å²) in [4.78, 5) is 15.0. The fourth-order valence-electron chi connectivity index (χ4n) is 3.49. The van der Waals surface area contributed by atoms with Gasteiger partial charge in [-0.15, -0.1) is 0 Å². The zero-order valence-corrected chi connectivity index (χ0v) is 15.9. The van der Waals surface area contributed by atoms with Crippen LogP contribution in [0.5, 0.6) is 5.75 Å². The average Bonchev–Trinajstić information content (AvgIpc) is 3.29. The molecule has 1 aliphatic heterocycles. The van der Waals surface area contributed by atoms with E-state index in [4.69, 9.17) is 9.15 Å². The molecule has 140 valence electrons. The Morgan fingerprint density at radius 3 is 2.62 bits per heavy atom. The first-order valence-corrected chi connectivity index (χ1v) is 9.40. The van der Waals surface area contributed by atoms with Crippen molar-refractivity contribution in [1.29, 1.82) is 0 Å². The van der Waals surface area contributed by atoms with Crippen molar-refractivity contribution in [2.24, 2.45) is 0 Å². The number of aryl methyl sites for hydroxylation is 2. The van der Waals surface area contributed by atoms with E-state index in [-0.39, 0.29) is 11.9 Å². The maximum Gasteiger partial charge on any atom is 0.251 e. The van der Waals surface area contributed by atoms with E-state index in [1.165, 1.54) is 12.8 Å². The molecule has 2 heterocycles. The van der Waals surface area contributed by atoms with E-state index in [9.17, 15) is 4.79 Å². The van der Waals surface area contributed by atoms with Gasteiger partial charge >= 0.3 is 0 Å². The summed E-state index contributed by atoms with van der Waals surface area (Å²) in [5, 5.41) is 3.08. The van der Waals surface area contributed by atoms with Gasteiger partial charge in [0.2, 0.25) is 0 Å². The van der Waals surface area contributed by atoms with Gasteiger partial charge < -0.3 is 14.5 Å². The van der Waals surface area contributed by atoms with Crippen molar-refractivity contribution >= 4 is 5.91 Å². The number of rotatable bonds is 7. The first-order valence-electron chi connectivity index (χ1n) is 9.40. The molecule has 0 spiro atoms. The standard InChI is InChI=1S/C21H28N2O3/c1-4-25-19-10-8-17(13-15(19)2)21(24)22-14-18(23-11-5-6-12-23)20-9-7-16(3)26-20/h7-10,13,18H,4-6,11-12,14H2,1-3H3,(H,22,24). The molecule has 1 unspecified atom stereocenters. The van der Waals surface area contributed by atoms with E-state index in [1.807, 2.05) is 51.1 Å². The molecule has 1 fully saturated rings. The summed E-state index contributed by atoms with van der Waals surface area (Å²) in [5.74, 6) is 2.58. The number of likely N-dealkylation sites (tertiary alicyclic amines) is 1. The maximum absolute atomic E-state index is 12.6. The molecule has 5 nitrogen and oxygen atoms in total. The van der Waals surface area contributed by atoms with Crippen LogP contribution in [0.2, 0.25) is 0 Å². The van der Waals surface area contributed by atoms with Gasteiger partial charge in [0.1, 0.15) is 17.3 Å². The van der Waals surface area contributed by atoms with Gasteiger partial charge in [0.15, 0.2) is 0 Å². The molecule has 3 rings (SSSR count). The number of nitrogens with one attached hydrogen (secondary N) is 1. The second-order valence-corrected chi connectivity index (χ2v) is 6.83. The summed E-state index contributed by atoms with van der Waals surface area (Å²) in [6.45, 7) is 9.11. The molecule has 0 bridgehead atoms. The molecule has 26 heavy (non-hydrogen) atoms. The minimum Gasteiger partial charge on any atom is -0.494 e. The summed E-state index contributed by atoms with van der Waals surface area (Å²) in [6, 6.07) is 9.64. The van der Waals surface area contributed by atoms with Crippen molar-refractivity contribution < 1.29 is 13.9 Å². The molecule has 1 aliphatic rings. The number of nitrogens with zero attached hydrogens (tertiary/aromatic N) is 1. The van der Waals surface area contributed by atoms with Crippen LogP contribution in [0.1, 0.15) is 53.2 Å². The molecule has 5 heteroatoms. The van der Waals surface area contributed by atoms with Gasteiger partial charge in [0.25, 0.3) is 5.91 Å². The molecule has 0 saturated carbocycles. The first kappa shape index (κ1) is 18.5. The smallest absolute Gasteiger partial charge is 0.251 e. The monoisotopic (exact) mass is 356 g/mol. The molecule has 0 radical (unpaired) electrons. The van der Waals surface area contributed by atoms with Gasteiger partial charge in [-0.2, -0.15) is 0 Å². The summed E-state index contributed by atoms with van der Waals surface area (Å²) >= 11 is 0. The van der Waals surface area contributed by atoms with Gasteiger partial charge in [-0.3, -0.25) is 9.69 Å². The van der Waals surface area contributed by atoms with E-state index in [1.54, 1.807) is 0 Å². The van der Waals surface area contributed by atoms with Crippen molar-refractivity contribution in [2.45, 2.75) is 39.7 Å². The molecule has 1 amide bonds. The molecule has 2 aromatic rings. The SMILES string of the molecule is CCOc1ccc(C(=O)NCC(c2ccc(C)o2)N2CCCC2)cc1C. The molecule has 1 aromatic carbocycles. The van der Waals surface area contributed by atoms with Crippen LogP contribution in [0.3, 0.4) is 0 Å². The maximum atomic E-state index is 12.6. The Labute approximate surface area is 155 Å². The third kappa shape index (κ3) is 4.28. The summed E-state index contributed by atoms with van der Waals surface area (Å²) < 4.78 is 11.4. The third-order valence-corrected chi connectivity index (χ3v) is 4.86. The normalized spacial score (nSPS) is 15.8. The van der Waals surface area contributed by atoms with Crippen molar-refractivity contribution in [3.8, 4) is 5.75 Å². The highest BCUT2D eigenvalue weighted by Crippen LogP contribution is 2.26. The molecule has 1 saturated heterocycles. The van der Waals surface area contributed by atoms with Crippen LogP contribution < -0.4 is 10.1 Å². The second-order valence-electron chi connectivity index (χ2n) is 6.83. The Balaban J connectivity index is 1.68. The van der Waals surface area contributed by atoms with Crippen molar-refractivity contribution in [3.05, 3.63) is 53.0 Å². The average molecular weight is 356 g/mol.